The topological polar surface area (TPSA) is 70.7 Å². The monoisotopic (exact) mass is 298 g/mol. The molecule has 0 aromatic carbocycles. The summed E-state index contributed by atoms with van der Waals surface area (Å²) in [4.78, 5) is 17.2. The third-order valence-electron chi connectivity index (χ3n) is 4.29. The number of nitrogens with one attached hydrogen (secondary N) is 2. The van der Waals surface area contributed by atoms with Gasteiger partial charge in [0.1, 0.15) is 0 Å². The van der Waals surface area contributed by atoms with Gasteiger partial charge < -0.3 is 5.32 Å². The average molecular weight is 298 g/mol. The molecular weight excluding hydrogens is 276 g/mol. The van der Waals surface area contributed by atoms with Gasteiger partial charge in [0.2, 0.25) is 0 Å². The van der Waals surface area contributed by atoms with Crippen molar-refractivity contribution in [2.45, 2.75) is 46.1 Å². The minimum Gasteiger partial charge on any atom is -0.342 e. The fraction of sp³-hybridized carbons (Fsp3) is 0.471. The molecule has 0 unspecified atom stereocenters. The first kappa shape index (κ1) is 14.8. The molecule has 1 amide bonds. The summed E-state index contributed by atoms with van der Waals surface area (Å²) in [6.45, 7) is 5.96. The molecule has 2 heterocycles. The molecule has 1 fully saturated rings. The lowest BCUT2D eigenvalue weighted by Gasteiger charge is -2.18. The number of pyridine rings is 1. The molecule has 1 aliphatic rings. The molecule has 3 rings (SSSR count). The normalized spacial score (nSPS) is 15.6. The Morgan fingerprint density at radius 3 is 2.77 bits per heavy atom. The molecule has 1 atom stereocenters. The van der Waals surface area contributed by atoms with Crippen LogP contribution in [0, 0.1) is 19.8 Å². The summed E-state index contributed by atoms with van der Waals surface area (Å²) in [7, 11) is 0. The molecule has 0 saturated heterocycles. The molecule has 116 valence electrons. The highest BCUT2D eigenvalue weighted by Crippen LogP contribution is 2.40. The van der Waals surface area contributed by atoms with Crippen LogP contribution >= 0.6 is 0 Å². The van der Waals surface area contributed by atoms with Gasteiger partial charge in [0.25, 0.3) is 5.91 Å². The van der Waals surface area contributed by atoms with Gasteiger partial charge >= 0.3 is 0 Å². The van der Waals surface area contributed by atoms with E-state index in [9.17, 15) is 4.79 Å². The predicted molar refractivity (Wildman–Crippen MR) is 84.6 cm³/mol. The predicted octanol–water partition coefficient (Wildman–Crippen LogP) is 2.87. The Hall–Kier alpha value is -2.17. The maximum absolute atomic E-state index is 12.6. The lowest BCUT2D eigenvalue weighted by molar-refractivity contribution is 0.0925. The molecule has 0 radical (unpaired) electrons. The molecule has 1 saturated carbocycles. The van der Waals surface area contributed by atoms with Crippen LogP contribution in [0.2, 0.25) is 0 Å². The first-order valence-corrected chi connectivity index (χ1v) is 7.88. The smallest absolute Gasteiger partial charge is 0.272 e. The summed E-state index contributed by atoms with van der Waals surface area (Å²) in [5.41, 5.74) is 4.37. The third-order valence-corrected chi connectivity index (χ3v) is 4.29. The lowest BCUT2D eigenvalue weighted by Crippen LogP contribution is -2.31. The standard InChI is InChI=1S/C17H22N4O/c1-4-13-11(3)15(21-20-13)17(22)19-16(12-8-9-12)14-7-5-6-10(2)18-14/h5-7,12,16H,4,8-9H2,1-3H3,(H,19,22)(H,20,21)/t16-/m0/s1. The lowest BCUT2D eigenvalue weighted by atomic mass is 10.1. The molecule has 5 heteroatoms. The van der Waals surface area contributed by atoms with Crippen LogP contribution in [-0.2, 0) is 6.42 Å². The first-order chi connectivity index (χ1) is 10.6. The van der Waals surface area contributed by atoms with Crippen molar-refractivity contribution in [1.82, 2.24) is 20.5 Å². The van der Waals surface area contributed by atoms with Gasteiger partial charge in [-0.1, -0.05) is 13.0 Å². The first-order valence-electron chi connectivity index (χ1n) is 7.88. The Bertz CT molecular complexity index is 688. The van der Waals surface area contributed by atoms with Crippen LogP contribution < -0.4 is 5.32 Å². The van der Waals surface area contributed by atoms with Gasteiger partial charge in [0.15, 0.2) is 5.69 Å². The summed E-state index contributed by atoms with van der Waals surface area (Å²) in [5.74, 6) is 0.372. The number of amides is 1. The van der Waals surface area contributed by atoms with Crippen molar-refractivity contribution >= 4 is 5.91 Å². The van der Waals surface area contributed by atoms with Gasteiger partial charge in [-0.3, -0.25) is 14.9 Å². The number of rotatable bonds is 5. The highest BCUT2D eigenvalue weighted by Gasteiger charge is 2.35. The number of hydrogen-bond donors (Lipinski definition) is 2. The van der Waals surface area contributed by atoms with E-state index < -0.39 is 0 Å². The Balaban J connectivity index is 1.82. The van der Waals surface area contributed by atoms with Crippen molar-refractivity contribution in [3.8, 4) is 0 Å². The molecule has 2 aromatic rings. The summed E-state index contributed by atoms with van der Waals surface area (Å²) in [6, 6.07) is 5.94. The fourth-order valence-corrected chi connectivity index (χ4v) is 2.81. The summed E-state index contributed by atoms with van der Waals surface area (Å²) < 4.78 is 0. The highest BCUT2D eigenvalue weighted by atomic mass is 16.2. The number of hydrogen-bond acceptors (Lipinski definition) is 3. The zero-order chi connectivity index (χ0) is 15.7. The Labute approximate surface area is 130 Å². The van der Waals surface area contributed by atoms with E-state index in [1.54, 1.807) is 0 Å². The van der Waals surface area contributed by atoms with Crippen LogP contribution in [0.3, 0.4) is 0 Å². The second-order valence-corrected chi connectivity index (χ2v) is 6.02. The number of aromatic amines is 1. The largest absolute Gasteiger partial charge is 0.342 e. The van der Waals surface area contributed by atoms with Crippen molar-refractivity contribution in [3.05, 3.63) is 46.5 Å². The number of H-pyrrole nitrogens is 1. The van der Waals surface area contributed by atoms with Gasteiger partial charge in [-0.15, -0.1) is 0 Å². The molecule has 0 bridgehead atoms. The van der Waals surface area contributed by atoms with Crippen LogP contribution in [0.5, 0.6) is 0 Å². The van der Waals surface area contributed by atoms with Crippen LogP contribution in [0.25, 0.3) is 0 Å². The minimum absolute atomic E-state index is 0.0198. The number of nitrogens with zero attached hydrogens (tertiary/aromatic N) is 2. The number of carbonyl (C=O) groups excluding carboxylic acids is 1. The summed E-state index contributed by atoms with van der Waals surface area (Å²) in [6.07, 6.45) is 3.12. The summed E-state index contributed by atoms with van der Waals surface area (Å²) >= 11 is 0. The average Bonchev–Trinajstić information content (AvgIpc) is 3.27. The minimum atomic E-state index is -0.117. The molecule has 2 aromatic heterocycles. The van der Waals surface area contributed by atoms with E-state index in [0.717, 1.165) is 41.9 Å². The molecule has 0 spiro atoms. The van der Waals surface area contributed by atoms with E-state index in [1.165, 1.54) is 0 Å². The Kier molecular flexibility index (Phi) is 3.96. The molecule has 2 N–H and O–H groups in total. The maximum Gasteiger partial charge on any atom is 0.272 e. The zero-order valence-corrected chi connectivity index (χ0v) is 13.3. The van der Waals surface area contributed by atoms with Gasteiger partial charge in [0, 0.05) is 17.0 Å². The second kappa shape index (κ2) is 5.91. The maximum atomic E-state index is 12.6. The van der Waals surface area contributed by atoms with Crippen LogP contribution in [0.4, 0.5) is 0 Å². The molecule has 0 aliphatic heterocycles. The SMILES string of the molecule is CCc1[nH]nc(C(=O)N[C@H](c2cccc(C)n2)C2CC2)c1C. The quantitative estimate of drug-likeness (QED) is 0.891. The fourth-order valence-electron chi connectivity index (χ4n) is 2.81. The van der Waals surface area contributed by atoms with E-state index in [1.807, 2.05) is 39.0 Å². The van der Waals surface area contributed by atoms with Gasteiger partial charge in [0.05, 0.1) is 11.7 Å². The molecule has 5 nitrogen and oxygen atoms in total. The van der Waals surface area contributed by atoms with E-state index in [-0.39, 0.29) is 11.9 Å². The van der Waals surface area contributed by atoms with Crippen LogP contribution in [0.1, 0.15) is 58.9 Å². The summed E-state index contributed by atoms with van der Waals surface area (Å²) in [5, 5.41) is 10.3. The Morgan fingerprint density at radius 1 is 1.41 bits per heavy atom. The van der Waals surface area contributed by atoms with E-state index in [2.05, 4.69) is 20.5 Å². The van der Waals surface area contributed by atoms with Crippen molar-refractivity contribution in [3.63, 3.8) is 0 Å². The highest BCUT2D eigenvalue weighted by molar-refractivity contribution is 5.94. The van der Waals surface area contributed by atoms with E-state index >= 15 is 0 Å². The number of carbonyl (C=O) groups is 1. The van der Waals surface area contributed by atoms with Gasteiger partial charge in [-0.05, 0) is 51.2 Å². The molecule has 22 heavy (non-hydrogen) atoms. The van der Waals surface area contributed by atoms with Crippen LogP contribution in [-0.4, -0.2) is 21.1 Å². The zero-order valence-electron chi connectivity index (χ0n) is 13.3. The number of aromatic nitrogens is 3. The Morgan fingerprint density at radius 2 is 2.18 bits per heavy atom. The van der Waals surface area contributed by atoms with Crippen molar-refractivity contribution in [2.75, 3.05) is 0 Å². The molecule has 1 aliphatic carbocycles. The van der Waals surface area contributed by atoms with Crippen molar-refractivity contribution < 1.29 is 4.79 Å². The number of aryl methyl sites for hydroxylation is 2. The second-order valence-electron chi connectivity index (χ2n) is 6.02. The van der Waals surface area contributed by atoms with E-state index in [4.69, 9.17) is 0 Å². The van der Waals surface area contributed by atoms with E-state index in [0.29, 0.717) is 11.6 Å². The van der Waals surface area contributed by atoms with Gasteiger partial charge in [-0.2, -0.15) is 5.10 Å². The van der Waals surface area contributed by atoms with Crippen molar-refractivity contribution in [1.29, 1.82) is 0 Å². The van der Waals surface area contributed by atoms with Crippen LogP contribution in [0.15, 0.2) is 18.2 Å². The van der Waals surface area contributed by atoms with Gasteiger partial charge in [-0.25, -0.2) is 0 Å². The van der Waals surface area contributed by atoms with Crippen molar-refractivity contribution in [2.24, 2.45) is 5.92 Å². The third kappa shape index (κ3) is 2.89. The molecular formula is C17H22N4O.